The van der Waals surface area contributed by atoms with Crippen LogP contribution >= 0.6 is 0 Å². The number of carbonyl (C=O) groups is 14. The fourth-order valence-electron chi connectivity index (χ4n) is 7.61. The summed E-state index contributed by atoms with van der Waals surface area (Å²) in [7, 11) is 0. The molecule has 482 valence electrons. The van der Waals surface area contributed by atoms with Crippen molar-refractivity contribution < 1.29 is 115 Å². The summed E-state index contributed by atoms with van der Waals surface area (Å²) in [6, 6.07) is -11.7. The molecule has 1 rings (SSSR count). The molecule has 15 N–H and O–H groups in total. The number of hydrogen-bond donors (Lipinski definition) is 15. The standard InChI is InChI=1S/C51H85N13O20.Fe/c1-7-8-9-10-11-12-13-20-40(70)56-39-29-84-43(73)26-54-45(74)34(17-14-21-62(81)31(4)67)55-41(71)24-53-47(76)37(27-65)59-48(77)36(19-16-23-64(83)33(6)69)58-49(78)38(28-66)60-51(80)44(30(2)3)61-42(72)25-52-46(75)35(57-50(39)79)18-15-22-63(82)32(5)68;/h12-13,30,34-39,44,65-66,81-83H,7-11,14-29H2,1-6H3,(H,52,75)(H,53,76)(H,54,74)(H,55,71)(H,56,70)(H,57,79)(H,58,78)(H,59,77)(H,60,80)(H,61,72);/b13-12-;/t34-,35+,36+,37-,38+,39-,44-;/m1./s1. The van der Waals surface area contributed by atoms with Crippen LogP contribution in [0.4, 0.5) is 0 Å². The molecule has 0 unspecified atom stereocenters. The number of hydrogen-bond acceptors (Lipinski definition) is 20. The van der Waals surface area contributed by atoms with Gasteiger partial charge in [0.15, 0.2) is 0 Å². The summed E-state index contributed by atoms with van der Waals surface area (Å²) in [5.41, 5.74) is 0. The van der Waals surface area contributed by atoms with Gasteiger partial charge in [0, 0.05) is 63.9 Å². The molecular formula is C51H85FeN13O20. The predicted octanol–water partition coefficient (Wildman–Crippen LogP) is -5.11. The third kappa shape index (κ3) is 31.9. The van der Waals surface area contributed by atoms with Gasteiger partial charge in [-0.25, -0.2) is 15.2 Å². The molecule has 0 aromatic rings. The second-order valence-electron chi connectivity index (χ2n) is 19.9. The van der Waals surface area contributed by atoms with Gasteiger partial charge < -0.3 is 68.1 Å². The summed E-state index contributed by atoms with van der Waals surface area (Å²) >= 11 is 0. The van der Waals surface area contributed by atoms with Crippen LogP contribution in [0.15, 0.2) is 12.2 Å². The van der Waals surface area contributed by atoms with Gasteiger partial charge in [-0.1, -0.05) is 52.2 Å². The number of nitrogens with zero attached hydrogens (tertiary/aromatic N) is 3. The van der Waals surface area contributed by atoms with Crippen LogP contribution < -0.4 is 53.2 Å². The van der Waals surface area contributed by atoms with Crippen LogP contribution in [-0.4, -0.2) is 225 Å². The minimum atomic E-state index is -1.84. The van der Waals surface area contributed by atoms with Crippen molar-refractivity contribution >= 4 is 82.8 Å². The van der Waals surface area contributed by atoms with Gasteiger partial charge in [-0.3, -0.25) is 82.7 Å². The number of carbonyl (C=O) groups excluding carboxylic acids is 14. The first-order valence-electron chi connectivity index (χ1n) is 27.5. The second kappa shape index (κ2) is 42.4. The Hall–Kier alpha value is -7.36. The number of aliphatic hydroxyl groups excluding tert-OH is 2. The second-order valence-corrected chi connectivity index (χ2v) is 19.9. The van der Waals surface area contributed by atoms with Gasteiger partial charge in [0.2, 0.25) is 76.8 Å². The van der Waals surface area contributed by atoms with Crippen molar-refractivity contribution in [2.45, 2.75) is 161 Å². The molecule has 1 aliphatic heterocycles. The average molecular weight is 1260 g/mol. The van der Waals surface area contributed by atoms with Gasteiger partial charge >= 0.3 is 5.97 Å². The summed E-state index contributed by atoms with van der Waals surface area (Å²) < 4.78 is 5.28. The summed E-state index contributed by atoms with van der Waals surface area (Å²) in [4.78, 5) is 184. The number of rotatable bonds is 23. The summed E-state index contributed by atoms with van der Waals surface area (Å²) in [5.74, 6) is -14.8. The zero-order chi connectivity index (χ0) is 63.5. The SMILES string of the molecule is CCCCCC/C=C\CC(=O)N[C@@H]1COC(=O)CNC(=O)[C@@H](CCCN(O)C(C)=O)NC(=O)CNC(=O)[C@@H](CO)NC(=O)[C@H](CCCN(O)C(C)=O)NC(=O)[C@H](CO)NC(=O)[C@@H](C(C)C)NC(=O)CNC(=O)[C@H](CCCN(O)C(C)=O)NC1=O.[Fe]. The monoisotopic (exact) mass is 1260 g/mol. The van der Waals surface area contributed by atoms with Crippen LogP contribution in [0.25, 0.3) is 0 Å². The largest absolute Gasteiger partial charge is 0.462 e. The van der Waals surface area contributed by atoms with E-state index in [0.29, 0.717) is 21.6 Å². The van der Waals surface area contributed by atoms with Crippen LogP contribution in [0.5, 0.6) is 0 Å². The zero-order valence-corrected chi connectivity index (χ0v) is 49.8. The molecule has 34 heteroatoms. The molecule has 0 bridgehead atoms. The van der Waals surface area contributed by atoms with Crippen LogP contribution in [0.3, 0.4) is 0 Å². The number of aliphatic hydroxyl groups is 2. The number of allylic oxidation sites excluding steroid dienone is 1. The number of nitrogens with one attached hydrogen (secondary N) is 10. The van der Waals surface area contributed by atoms with Crippen molar-refractivity contribution in [3.8, 4) is 0 Å². The van der Waals surface area contributed by atoms with E-state index in [-0.39, 0.29) is 81.6 Å². The topological polar surface area (TPSA) is 479 Å². The van der Waals surface area contributed by atoms with E-state index >= 15 is 0 Å². The van der Waals surface area contributed by atoms with E-state index in [1.54, 1.807) is 12.2 Å². The van der Waals surface area contributed by atoms with Gasteiger partial charge in [0.05, 0.1) is 26.3 Å². The maximum Gasteiger partial charge on any atom is 0.325 e. The Labute approximate surface area is 502 Å². The van der Waals surface area contributed by atoms with E-state index in [2.05, 4.69) is 60.1 Å². The van der Waals surface area contributed by atoms with Crippen molar-refractivity contribution in [2.75, 3.05) is 59.1 Å². The van der Waals surface area contributed by atoms with Gasteiger partial charge in [0.25, 0.3) is 0 Å². The molecule has 0 aromatic heterocycles. The number of unbranched alkanes of at least 4 members (excludes halogenated alkanes) is 4. The molecule has 1 heterocycles. The molecule has 7 atom stereocenters. The van der Waals surface area contributed by atoms with E-state index in [4.69, 9.17) is 4.74 Å². The van der Waals surface area contributed by atoms with Crippen LogP contribution in [-0.2, 0) is 88.9 Å². The number of hydroxylamine groups is 6. The average Bonchev–Trinajstić information content (AvgIpc) is 3.57. The fourth-order valence-corrected chi connectivity index (χ4v) is 7.61. The van der Waals surface area contributed by atoms with Crippen LogP contribution in [0.1, 0.15) is 119 Å². The van der Waals surface area contributed by atoms with Gasteiger partial charge in [-0.15, -0.1) is 0 Å². The van der Waals surface area contributed by atoms with E-state index in [1.807, 2.05) is 0 Å². The summed E-state index contributed by atoms with van der Waals surface area (Å²) in [6.07, 6.45) is 6.09. The minimum absolute atomic E-state index is 0. The van der Waals surface area contributed by atoms with Crippen molar-refractivity contribution in [1.29, 1.82) is 0 Å². The number of amides is 13. The van der Waals surface area contributed by atoms with Crippen molar-refractivity contribution in [3.05, 3.63) is 12.2 Å². The van der Waals surface area contributed by atoms with E-state index < -0.39 is 170 Å². The Balaban J connectivity index is 0.0000706. The number of ether oxygens (including phenoxy) is 1. The maximum absolute atomic E-state index is 14.0. The van der Waals surface area contributed by atoms with E-state index in [9.17, 15) is 93.0 Å². The molecule has 0 aromatic carbocycles. The fraction of sp³-hybridized carbons (Fsp3) is 0.686. The molecule has 85 heavy (non-hydrogen) atoms. The molecule has 1 fully saturated rings. The Kier molecular flexibility index (Phi) is 38.8. The first-order chi connectivity index (χ1) is 39.6. The Morgan fingerprint density at radius 3 is 1.44 bits per heavy atom. The molecule has 13 amide bonds. The molecule has 0 aliphatic carbocycles. The quantitative estimate of drug-likeness (QED) is 0.0114. The summed E-state index contributed by atoms with van der Waals surface area (Å²) in [6.45, 7) is 1.27. The smallest absolute Gasteiger partial charge is 0.325 e. The van der Waals surface area contributed by atoms with Crippen molar-refractivity contribution in [2.24, 2.45) is 5.92 Å². The normalized spacial score (nSPS) is 21.5. The van der Waals surface area contributed by atoms with Crippen LogP contribution in [0, 0.1) is 5.92 Å². The maximum atomic E-state index is 14.0. The predicted molar refractivity (Wildman–Crippen MR) is 290 cm³/mol. The minimum Gasteiger partial charge on any atom is -0.462 e. The number of cyclic esters (lactones) is 1. The molecule has 0 spiro atoms. The van der Waals surface area contributed by atoms with Gasteiger partial charge in [0.1, 0.15) is 55.4 Å². The Morgan fingerprint density at radius 2 is 0.953 bits per heavy atom. The van der Waals surface area contributed by atoms with Crippen LogP contribution in [0.2, 0.25) is 0 Å². The molecule has 1 aliphatic rings. The van der Waals surface area contributed by atoms with E-state index in [0.717, 1.165) is 46.5 Å². The molecular weight excluding hydrogens is 1170 g/mol. The first-order valence-corrected chi connectivity index (χ1v) is 27.5. The van der Waals surface area contributed by atoms with Gasteiger partial charge in [-0.05, 0) is 57.3 Å². The van der Waals surface area contributed by atoms with Crippen molar-refractivity contribution in [3.63, 3.8) is 0 Å². The van der Waals surface area contributed by atoms with Gasteiger partial charge in [-0.2, -0.15) is 0 Å². The third-order valence-electron chi connectivity index (χ3n) is 12.5. The zero-order valence-electron chi connectivity index (χ0n) is 48.7. The Bertz CT molecular complexity index is 2300. The molecule has 0 saturated carbocycles. The number of esters is 1. The van der Waals surface area contributed by atoms with Crippen molar-refractivity contribution in [1.82, 2.24) is 68.4 Å². The first kappa shape index (κ1) is 77.6. The Morgan fingerprint density at radius 1 is 0.541 bits per heavy atom. The third-order valence-corrected chi connectivity index (χ3v) is 12.5. The summed E-state index contributed by atoms with van der Waals surface area (Å²) in [5, 5.41) is 74.2. The molecule has 0 radical (unpaired) electrons. The molecule has 1 saturated heterocycles. The molecule has 33 nitrogen and oxygen atoms in total. The van der Waals surface area contributed by atoms with E-state index in [1.165, 1.54) is 13.8 Å².